The Morgan fingerprint density at radius 3 is 2.94 bits per heavy atom. The van der Waals surface area contributed by atoms with E-state index >= 15 is 0 Å². The number of aromatic nitrogens is 3. The lowest BCUT2D eigenvalue weighted by Crippen LogP contribution is -2.11. The minimum absolute atomic E-state index is 0.385. The van der Waals surface area contributed by atoms with Gasteiger partial charge in [-0.3, -0.25) is 9.36 Å². The van der Waals surface area contributed by atoms with Crippen LogP contribution in [0.25, 0.3) is 15.1 Å². The predicted octanol–water partition coefficient (Wildman–Crippen LogP) is 1.16. The van der Waals surface area contributed by atoms with Gasteiger partial charge in [0.25, 0.3) is 5.91 Å². The van der Waals surface area contributed by atoms with Crippen LogP contribution in [0.2, 0.25) is 0 Å². The maximum Gasteiger partial charge on any atom is 0.251 e. The third-order valence-corrected chi connectivity index (χ3v) is 3.78. The Bertz CT molecular complexity index is 731. The van der Waals surface area contributed by atoms with Gasteiger partial charge in [0, 0.05) is 24.0 Å². The van der Waals surface area contributed by atoms with E-state index in [1.807, 2.05) is 16.8 Å². The second-order valence-electron chi connectivity index (χ2n) is 3.72. The van der Waals surface area contributed by atoms with Crippen LogP contribution in [0, 0.1) is 0 Å². The number of primary amides is 1. The number of carbonyl (C=O) groups is 1. The van der Waals surface area contributed by atoms with Crippen molar-refractivity contribution < 1.29 is 4.79 Å². The number of nitrogen functional groups attached to an aromatic ring is 1. The summed E-state index contributed by atoms with van der Waals surface area (Å²) >= 11 is 1.43. The fourth-order valence-electron chi connectivity index (χ4n) is 1.72. The molecule has 4 N–H and O–H groups in total. The van der Waals surface area contributed by atoms with Gasteiger partial charge in [-0.05, 0) is 6.07 Å². The van der Waals surface area contributed by atoms with Crippen LogP contribution in [0.3, 0.4) is 0 Å². The first-order valence-corrected chi connectivity index (χ1v) is 5.94. The number of amides is 1. The van der Waals surface area contributed by atoms with Gasteiger partial charge in [-0.1, -0.05) is 0 Å². The normalized spacial score (nSPS) is 10.9. The molecule has 0 bridgehead atoms. The van der Waals surface area contributed by atoms with E-state index in [0.717, 1.165) is 15.1 Å². The quantitative estimate of drug-likeness (QED) is 0.721. The van der Waals surface area contributed by atoms with E-state index in [1.165, 1.54) is 17.5 Å². The summed E-state index contributed by atoms with van der Waals surface area (Å²) in [7, 11) is 0. The van der Waals surface area contributed by atoms with Gasteiger partial charge in [0.15, 0.2) is 0 Å². The first-order chi connectivity index (χ1) is 8.66. The topological polar surface area (TPSA) is 99.8 Å². The molecule has 3 rings (SSSR count). The molecule has 3 aromatic rings. The summed E-state index contributed by atoms with van der Waals surface area (Å²) in [5.41, 5.74) is 11.5. The van der Waals surface area contributed by atoms with Crippen LogP contribution < -0.4 is 11.5 Å². The number of hydrogen-bond acceptors (Lipinski definition) is 5. The molecule has 0 aliphatic carbocycles. The van der Waals surface area contributed by atoms with Crippen molar-refractivity contribution in [2.75, 3.05) is 5.73 Å². The van der Waals surface area contributed by atoms with E-state index in [-0.39, 0.29) is 0 Å². The van der Waals surface area contributed by atoms with Crippen LogP contribution in [0.4, 0.5) is 5.82 Å². The number of thiophene rings is 1. The smallest absolute Gasteiger partial charge is 0.251 e. The van der Waals surface area contributed by atoms with Crippen molar-refractivity contribution in [3.63, 3.8) is 0 Å². The molecule has 90 valence electrons. The molecule has 0 unspecified atom stereocenters. The fourth-order valence-corrected chi connectivity index (χ4v) is 2.86. The molecular formula is C11H9N5OS. The first-order valence-electron chi connectivity index (χ1n) is 5.13. The number of hydrogen-bond donors (Lipinski definition) is 2. The lowest BCUT2D eigenvalue weighted by Gasteiger charge is -1.98. The SMILES string of the molecule is NC(=O)c1cnc(N)c2cc(-n3ccnc3)sc12. The average Bonchev–Trinajstić information content (AvgIpc) is 2.97. The number of nitrogens with zero attached hydrogens (tertiary/aromatic N) is 3. The molecule has 6 nitrogen and oxygen atoms in total. The number of anilines is 1. The Labute approximate surface area is 106 Å². The third kappa shape index (κ3) is 1.52. The largest absolute Gasteiger partial charge is 0.383 e. The summed E-state index contributed by atoms with van der Waals surface area (Å²) < 4.78 is 2.59. The van der Waals surface area contributed by atoms with Gasteiger partial charge in [-0.15, -0.1) is 11.3 Å². The van der Waals surface area contributed by atoms with Crippen molar-refractivity contribution in [2.24, 2.45) is 5.73 Å². The zero-order valence-corrected chi connectivity index (χ0v) is 10.0. The standard InChI is InChI=1S/C11H9N5OS/c12-10-6-3-8(16-2-1-14-5-16)18-9(6)7(4-15-10)11(13)17/h1-5H,(H2,12,15)(H2,13,17). The molecule has 0 radical (unpaired) electrons. The Morgan fingerprint density at radius 1 is 1.44 bits per heavy atom. The van der Waals surface area contributed by atoms with Crippen molar-refractivity contribution >= 4 is 33.1 Å². The maximum atomic E-state index is 11.4. The average molecular weight is 259 g/mol. The molecule has 0 atom stereocenters. The lowest BCUT2D eigenvalue weighted by molar-refractivity contribution is 0.100. The highest BCUT2D eigenvalue weighted by Crippen LogP contribution is 2.33. The van der Waals surface area contributed by atoms with E-state index in [2.05, 4.69) is 9.97 Å². The van der Waals surface area contributed by atoms with Crippen molar-refractivity contribution in [2.45, 2.75) is 0 Å². The van der Waals surface area contributed by atoms with Crippen LogP contribution in [-0.2, 0) is 0 Å². The Balaban J connectivity index is 2.31. The summed E-state index contributed by atoms with van der Waals surface area (Å²) in [6, 6.07) is 1.87. The minimum Gasteiger partial charge on any atom is -0.383 e. The van der Waals surface area contributed by atoms with E-state index in [1.54, 1.807) is 12.5 Å². The van der Waals surface area contributed by atoms with E-state index in [0.29, 0.717) is 11.4 Å². The second-order valence-corrected chi connectivity index (χ2v) is 4.75. The van der Waals surface area contributed by atoms with Crippen LogP contribution in [0.1, 0.15) is 10.4 Å². The van der Waals surface area contributed by atoms with Gasteiger partial charge in [-0.25, -0.2) is 9.97 Å². The van der Waals surface area contributed by atoms with Gasteiger partial charge >= 0.3 is 0 Å². The number of nitrogens with two attached hydrogens (primary N) is 2. The molecule has 0 saturated heterocycles. The van der Waals surface area contributed by atoms with Crippen LogP contribution in [0.15, 0.2) is 31.0 Å². The number of rotatable bonds is 2. The molecule has 0 aromatic carbocycles. The Morgan fingerprint density at radius 2 is 2.28 bits per heavy atom. The highest BCUT2D eigenvalue weighted by molar-refractivity contribution is 7.21. The molecule has 0 saturated carbocycles. The maximum absolute atomic E-state index is 11.4. The zero-order valence-electron chi connectivity index (χ0n) is 9.20. The lowest BCUT2D eigenvalue weighted by atomic mass is 10.2. The van der Waals surface area contributed by atoms with Crippen molar-refractivity contribution in [1.29, 1.82) is 0 Å². The summed E-state index contributed by atoms with van der Waals surface area (Å²) in [5.74, 6) is -0.121. The molecular weight excluding hydrogens is 250 g/mol. The summed E-state index contributed by atoms with van der Waals surface area (Å²) in [6.45, 7) is 0. The van der Waals surface area contributed by atoms with Crippen molar-refractivity contribution in [1.82, 2.24) is 14.5 Å². The summed E-state index contributed by atoms with van der Waals surface area (Å²) in [6.07, 6.45) is 6.59. The first kappa shape index (κ1) is 10.7. The highest BCUT2D eigenvalue weighted by atomic mass is 32.1. The van der Waals surface area contributed by atoms with E-state index in [4.69, 9.17) is 11.5 Å². The van der Waals surface area contributed by atoms with E-state index < -0.39 is 5.91 Å². The molecule has 0 spiro atoms. The molecule has 3 heterocycles. The van der Waals surface area contributed by atoms with Crippen LogP contribution in [0.5, 0.6) is 0 Å². The number of imidazole rings is 1. The molecule has 0 fully saturated rings. The van der Waals surface area contributed by atoms with E-state index in [9.17, 15) is 4.79 Å². The van der Waals surface area contributed by atoms with Crippen LogP contribution >= 0.6 is 11.3 Å². The summed E-state index contributed by atoms with van der Waals surface area (Å²) in [5, 5.41) is 1.64. The Hall–Kier alpha value is -2.41. The Kier molecular flexibility index (Phi) is 2.27. The van der Waals surface area contributed by atoms with Crippen LogP contribution in [-0.4, -0.2) is 20.4 Å². The fraction of sp³-hybridized carbons (Fsp3) is 0. The van der Waals surface area contributed by atoms with Gasteiger partial charge < -0.3 is 11.5 Å². The highest BCUT2D eigenvalue weighted by Gasteiger charge is 2.14. The third-order valence-electron chi connectivity index (χ3n) is 2.60. The molecule has 0 aliphatic rings. The summed E-state index contributed by atoms with van der Waals surface area (Å²) in [4.78, 5) is 19.3. The minimum atomic E-state index is -0.508. The molecule has 7 heteroatoms. The number of carbonyl (C=O) groups excluding carboxylic acids is 1. The number of pyridine rings is 1. The molecule has 0 aliphatic heterocycles. The molecule has 3 aromatic heterocycles. The zero-order chi connectivity index (χ0) is 12.7. The van der Waals surface area contributed by atoms with Crippen molar-refractivity contribution in [3.05, 3.63) is 36.5 Å². The van der Waals surface area contributed by atoms with Crippen molar-refractivity contribution in [3.8, 4) is 5.00 Å². The van der Waals surface area contributed by atoms with Gasteiger partial charge in [0.2, 0.25) is 0 Å². The molecule has 18 heavy (non-hydrogen) atoms. The predicted molar refractivity (Wildman–Crippen MR) is 69.7 cm³/mol. The van der Waals surface area contributed by atoms with Gasteiger partial charge in [-0.2, -0.15) is 0 Å². The number of fused-ring (bicyclic) bond motifs is 1. The second kappa shape index (κ2) is 3.81. The molecule has 1 amide bonds. The van der Waals surface area contributed by atoms with Gasteiger partial charge in [0.1, 0.15) is 10.8 Å². The monoisotopic (exact) mass is 259 g/mol. The van der Waals surface area contributed by atoms with Gasteiger partial charge in [0.05, 0.1) is 16.6 Å².